The molecule has 0 aromatic carbocycles. The van der Waals surface area contributed by atoms with Crippen molar-refractivity contribution in [3.63, 3.8) is 0 Å². The fourth-order valence-corrected chi connectivity index (χ4v) is 9.90. The predicted octanol–water partition coefficient (Wildman–Crippen LogP) is 7.16. The van der Waals surface area contributed by atoms with Crippen molar-refractivity contribution >= 4 is 15.4 Å². The van der Waals surface area contributed by atoms with Gasteiger partial charge in [0.15, 0.2) is 0 Å². The lowest BCUT2D eigenvalue weighted by atomic mass is 10.5. The Morgan fingerprint density at radius 1 is 0.455 bits per heavy atom. The summed E-state index contributed by atoms with van der Waals surface area (Å²) in [5, 5.41) is 0. The molecule has 6 nitrogen and oxygen atoms in total. The van der Waals surface area contributed by atoms with Crippen molar-refractivity contribution in [2.24, 2.45) is 0 Å². The second-order valence-corrected chi connectivity index (χ2v) is 14.8. The fraction of sp³-hybridized carbons (Fsp3) is 1.00. The lowest BCUT2D eigenvalue weighted by Gasteiger charge is -2.30. The first-order valence-electron chi connectivity index (χ1n) is 13.5. The van der Waals surface area contributed by atoms with Gasteiger partial charge in [-0.15, -0.1) is 0 Å². The normalized spacial score (nSPS) is 12.7. The lowest BCUT2D eigenvalue weighted by molar-refractivity contribution is 0.150. The van der Waals surface area contributed by atoms with E-state index in [2.05, 4.69) is 46.4 Å². The smallest absolute Gasteiger partial charge is 0.276 e. The monoisotopic (exact) mass is 513 g/mol. The number of rotatable bonds is 25. The summed E-state index contributed by atoms with van der Waals surface area (Å²) in [6.45, 7) is 19.9. The van der Waals surface area contributed by atoms with E-state index in [4.69, 9.17) is 22.8 Å². The van der Waals surface area contributed by atoms with E-state index < -0.39 is 15.4 Å². The number of ether oxygens (including phenoxy) is 1. The maximum atomic E-state index is 6.46. The molecule has 33 heavy (non-hydrogen) atoms. The summed E-state index contributed by atoms with van der Waals surface area (Å²) >= 11 is 0. The lowest BCUT2D eigenvalue weighted by Crippen LogP contribution is -2.35. The van der Waals surface area contributed by atoms with Crippen LogP contribution >= 0.6 is 15.4 Å². The van der Waals surface area contributed by atoms with Crippen LogP contribution < -0.4 is 0 Å². The third kappa shape index (κ3) is 15.4. The molecular weight excluding hydrogens is 456 g/mol. The van der Waals surface area contributed by atoms with Gasteiger partial charge in [-0.25, -0.2) is 18.1 Å². The van der Waals surface area contributed by atoms with Crippen LogP contribution in [0.2, 0.25) is 0 Å². The Kier molecular flexibility index (Phi) is 22.3. The summed E-state index contributed by atoms with van der Waals surface area (Å²) in [4.78, 5) is 2.52. The average Bonchev–Trinajstić information content (AvgIpc) is 2.83. The molecule has 0 unspecified atom stereocenters. The van der Waals surface area contributed by atoms with Crippen LogP contribution in [0.15, 0.2) is 0 Å². The molecule has 0 aromatic heterocycles. The molecular formula is C25H57NO5P2+2. The molecule has 0 atom stereocenters. The highest BCUT2D eigenvalue weighted by molar-refractivity contribution is 7.66. The van der Waals surface area contributed by atoms with Crippen LogP contribution in [-0.2, 0) is 22.8 Å². The van der Waals surface area contributed by atoms with Gasteiger partial charge in [0, 0.05) is 26.7 Å². The van der Waals surface area contributed by atoms with Crippen molar-refractivity contribution in [1.29, 1.82) is 0 Å². The average molecular weight is 514 g/mol. The molecule has 0 rings (SSSR count). The highest BCUT2D eigenvalue weighted by Gasteiger charge is 2.43. The van der Waals surface area contributed by atoms with Crippen LogP contribution in [0.25, 0.3) is 0 Å². The zero-order valence-corrected chi connectivity index (χ0v) is 24.9. The summed E-state index contributed by atoms with van der Waals surface area (Å²) in [5.74, 6) is 0. The Labute approximate surface area is 207 Å². The van der Waals surface area contributed by atoms with Gasteiger partial charge in [0.1, 0.15) is 24.6 Å². The van der Waals surface area contributed by atoms with Crippen molar-refractivity contribution in [3.8, 4) is 0 Å². The molecule has 0 radical (unpaired) electrons. The number of hydrogen-bond donors (Lipinski definition) is 0. The number of methoxy groups -OCH3 is 1. The van der Waals surface area contributed by atoms with Crippen molar-refractivity contribution in [3.05, 3.63) is 0 Å². The fourth-order valence-electron chi connectivity index (χ4n) is 3.67. The Hall–Kier alpha value is 0.620. The van der Waals surface area contributed by atoms with E-state index in [1.54, 1.807) is 7.11 Å². The van der Waals surface area contributed by atoms with Crippen molar-refractivity contribution < 1.29 is 22.8 Å². The van der Waals surface area contributed by atoms with Gasteiger partial charge in [0.2, 0.25) is 0 Å². The first kappa shape index (κ1) is 33.6. The summed E-state index contributed by atoms with van der Waals surface area (Å²) in [6.07, 6.45) is 10.4. The minimum atomic E-state index is -1.86. The second-order valence-electron chi connectivity index (χ2n) is 8.69. The van der Waals surface area contributed by atoms with E-state index in [9.17, 15) is 0 Å². The van der Waals surface area contributed by atoms with Gasteiger partial charge in [-0.3, -0.25) is 4.90 Å². The van der Waals surface area contributed by atoms with Crippen molar-refractivity contribution in [2.75, 3.05) is 84.4 Å². The van der Waals surface area contributed by atoms with E-state index in [1.165, 1.54) is 0 Å². The molecule has 0 N–H and O–H groups in total. The van der Waals surface area contributed by atoms with Crippen LogP contribution in [0.5, 0.6) is 0 Å². The van der Waals surface area contributed by atoms with E-state index >= 15 is 0 Å². The molecule has 0 amide bonds. The van der Waals surface area contributed by atoms with Crippen molar-refractivity contribution in [2.45, 2.75) is 80.1 Å². The van der Waals surface area contributed by atoms with Crippen LogP contribution in [0.1, 0.15) is 80.1 Å². The highest BCUT2D eigenvalue weighted by Crippen LogP contribution is 2.62. The second kappa shape index (κ2) is 21.9. The molecule has 200 valence electrons. The third-order valence-electron chi connectivity index (χ3n) is 5.38. The Bertz CT molecular complexity index is 382. The van der Waals surface area contributed by atoms with Crippen LogP contribution in [0.3, 0.4) is 0 Å². The largest absolute Gasteiger partial charge is 0.383 e. The minimum Gasteiger partial charge on any atom is -0.383 e. The standard InChI is InChI=1S/C25H57NO5P2/c1-8-17-28-32(22-12-5,29-18-9-2)24-15-26(14-21-27-7)16-25-33(23-13-6,30-19-10-3)31-20-11-4/h8-25H2,1-7H3/q+2. The SMILES string of the molecule is CCCO[P+](CCC)(CCN(CCOC)CC[P+](CCC)(OCCC)OCCC)OCCC. The topological polar surface area (TPSA) is 49.4 Å². The summed E-state index contributed by atoms with van der Waals surface area (Å²) in [7, 11) is -1.94. The Morgan fingerprint density at radius 3 is 1.09 bits per heavy atom. The molecule has 0 aliphatic carbocycles. The number of nitrogens with zero attached hydrogens (tertiary/aromatic N) is 1. The molecule has 0 saturated carbocycles. The maximum Gasteiger partial charge on any atom is 0.276 e. The Balaban J connectivity index is 5.38. The van der Waals surface area contributed by atoms with Crippen LogP contribution in [-0.4, -0.2) is 89.3 Å². The van der Waals surface area contributed by atoms with Gasteiger partial charge in [-0.1, -0.05) is 41.5 Å². The van der Waals surface area contributed by atoms with Crippen LogP contribution in [0.4, 0.5) is 0 Å². The zero-order valence-electron chi connectivity index (χ0n) is 23.1. The minimum absolute atomic E-state index is 0.732. The van der Waals surface area contributed by atoms with E-state index in [-0.39, 0.29) is 0 Å². The van der Waals surface area contributed by atoms with E-state index in [0.29, 0.717) is 0 Å². The van der Waals surface area contributed by atoms with Gasteiger partial charge in [-0.05, 0) is 38.5 Å². The first-order chi connectivity index (χ1) is 16.0. The van der Waals surface area contributed by atoms with Gasteiger partial charge >= 0.3 is 0 Å². The van der Waals surface area contributed by atoms with Gasteiger partial charge in [0.05, 0.1) is 33.0 Å². The van der Waals surface area contributed by atoms with E-state index in [0.717, 1.165) is 116 Å². The zero-order chi connectivity index (χ0) is 24.8. The van der Waals surface area contributed by atoms with Gasteiger partial charge < -0.3 is 4.74 Å². The third-order valence-corrected chi connectivity index (χ3v) is 12.0. The quantitative estimate of drug-likeness (QED) is 0.121. The summed E-state index contributed by atoms with van der Waals surface area (Å²) < 4.78 is 31.3. The highest BCUT2D eigenvalue weighted by atomic mass is 31.2. The summed E-state index contributed by atoms with van der Waals surface area (Å²) in [5.41, 5.74) is 0. The van der Waals surface area contributed by atoms with Crippen LogP contribution in [0, 0.1) is 0 Å². The molecule has 0 aromatic rings. The molecule has 0 aliphatic heterocycles. The Morgan fingerprint density at radius 2 is 0.818 bits per heavy atom. The molecule has 0 spiro atoms. The van der Waals surface area contributed by atoms with E-state index in [1.807, 2.05) is 0 Å². The van der Waals surface area contributed by atoms with Gasteiger partial charge in [-0.2, -0.15) is 0 Å². The molecule has 0 fully saturated rings. The maximum absolute atomic E-state index is 6.46. The van der Waals surface area contributed by atoms with Crippen molar-refractivity contribution in [1.82, 2.24) is 4.90 Å². The molecule has 8 heteroatoms. The summed E-state index contributed by atoms with van der Waals surface area (Å²) in [6, 6.07) is 0. The molecule has 0 aliphatic rings. The predicted molar refractivity (Wildman–Crippen MR) is 147 cm³/mol. The number of hydrogen-bond acceptors (Lipinski definition) is 6. The first-order valence-corrected chi connectivity index (χ1v) is 17.5. The van der Waals surface area contributed by atoms with Gasteiger partial charge in [0.25, 0.3) is 15.4 Å². The molecule has 0 bridgehead atoms. The molecule has 0 saturated heterocycles. The molecule has 0 heterocycles.